The molecule has 1 saturated carbocycles. The molecule has 1 heterocycles. The Bertz CT molecular complexity index is 828. The van der Waals surface area contributed by atoms with E-state index in [2.05, 4.69) is 52.6 Å². The molecule has 2 N–H and O–H groups in total. The van der Waals surface area contributed by atoms with Crippen LogP contribution >= 0.6 is 11.9 Å². The summed E-state index contributed by atoms with van der Waals surface area (Å²) in [6.07, 6.45) is 1.18. The van der Waals surface area contributed by atoms with Crippen molar-refractivity contribution >= 4 is 11.9 Å². The van der Waals surface area contributed by atoms with Gasteiger partial charge in [0.15, 0.2) is 0 Å². The van der Waals surface area contributed by atoms with Gasteiger partial charge in [-0.15, -0.1) is 0 Å². The van der Waals surface area contributed by atoms with E-state index in [1.165, 1.54) is 29.5 Å². The third-order valence-corrected chi connectivity index (χ3v) is 4.88. The Morgan fingerprint density at radius 2 is 1.87 bits per heavy atom. The molecule has 1 aromatic heterocycles. The Balaban J connectivity index is 1.55. The molecule has 3 aromatic rings. The molecular weight excluding hydrogens is 306 g/mol. The fraction of sp³-hybridized carbons (Fsp3) is 0.222. The van der Waals surface area contributed by atoms with Crippen molar-refractivity contribution in [1.82, 2.24) is 10.1 Å². The first kappa shape index (κ1) is 14.5. The average Bonchev–Trinajstić information content (AvgIpc) is 3.29. The van der Waals surface area contributed by atoms with E-state index in [0.717, 1.165) is 10.5 Å². The molecule has 4 nitrogen and oxygen atoms in total. The van der Waals surface area contributed by atoms with Gasteiger partial charge in [0.2, 0.25) is 11.7 Å². The van der Waals surface area contributed by atoms with E-state index in [1.807, 2.05) is 6.07 Å². The van der Waals surface area contributed by atoms with Crippen LogP contribution in [0.25, 0.3) is 11.4 Å². The predicted octanol–water partition coefficient (Wildman–Crippen LogP) is 4.28. The molecule has 0 amide bonds. The Labute approximate surface area is 139 Å². The number of nitrogens with two attached hydrogens (primary N) is 1. The monoisotopic (exact) mass is 323 g/mol. The first-order chi connectivity index (χ1) is 11.2. The number of aryl methyl sites for hydroxylation is 1. The number of hydrogen-bond donors (Lipinski definition) is 1. The number of nitrogens with zero attached hydrogens (tertiary/aromatic N) is 2. The topological polar surface area (TPSA) is 64.9 Å². The number of rotatable bonds is 4. The van der Waals surface area contributed by atoms with Crippen molar-refractivity contribution in [1.29, 1.82) is 0 Å². The summed E-state index contributed by atoms with van der Waals surface area (Å²) in [5, 5.41) is 9.58. The highest BCUT2D eigenvalue weighted by Crippen LogP contribution is 2.54. The first-order valence-corrected chi connectivity index (χ1v) is 8.50. The number of aromatic nitrogens is 2. The predicted molar refractivity (Wildman–Crippen MR) is 91.1 cm³/mol. The molecule has 116 valence electrons. The third-order valence-electron chi connectivity index (χ3n) is 4.34. The third kappa shape index (κ3) is 2.90. The minimum absolute atomic E-state index is 0.569. The highest BCUT2D eigenvalue weighted by molar-refractivity contribution is 7.97. The number of benzene rings is 2. The van der Waals surface area contributed by atoms with Crippen molar-refractivity contribution in [3.05, 3.63) is 65.5 Å². The van der Waals surface area contributed by atoms with Gasteiger partial charge in [-0.2, -0.15) is 4.98 Å². The maximum Gasteiger partial charge on any atom is 0.223 e. The molecule has 1 fully saturated rings. The molecule has 0 bridgehead atoms. The lowest BCUT2D eigenvalue weighted by atomic mass is 10.0. The fourth-order valence-electron chi connectivity index (χ4n) is 3.05. The highest BCUT2D eigenvalue weighted by atomic mass is 32.2. The molecule has 0 saturated heterocycles. The molecular formula is C18H17N3OS. The molecule has 0 spiro atoms. The van der Waals surface area contributed by atoms with Crippen LogP contribution in [0.1, 0.15) is 35.3 Å². The molecule has 1 aliphatic carbocycles. The Morgan fingerprint density at radius 1 is 1.09 bits per heavy atom. The molecule has 2 aromatic carbocycles. The molecule has 23 heavy (non-hydrogen) atoms. The quantitative estimate of drug-likeness (QED) is 0.726. The van der Waals surface area contributed by atoms with Gasteiger partial charge in [0, 0.05) is 17.4 Å². The van der Waals surface area contributed by atoms with Gasteiger partial charge < -0.3 is 4.52 Å². The summed E-state index contributed by atoms with van der Waals surface area (Å²) in [5.41, 5.74) is 3.74. The van der Waals surface area contributed by atoms with E-state index in [9.17, 15) is 0 Å². The van der Waals surface area contributed by atoms with Gasteiger partial charge in [-0.05, 0) is 59.5 Å². The van der Waals surface area contributed by atoms with Gasteiger partial charge in [-0.1, -0.05) is 35.5 Å². The van der Waals surface area contributed by atoms with Crippen molar-refractivity contribution in [2.45, 2.75) is 30.1 Å². The summed E-state index contributed by atoms with van der Waals surface area (Å²) in [6.45, 7) is 1.81. The summed E-state index contributed by atoms with van der Waals surface area (Å²) in [6, 6.07) is 17.0. The van der Waals surface area contributed by atoms with Crippen LogP contribution in [-0.2, 0) is 0 Å². The van der Waals surface area contributed by atoms with Crippen molar-refractivity contribution < 1.29 is 4.52 Å². The summed E-state index contributed by atoms with van der Waals surface area (Å²) in [7, 11) is 0. The Hall–Kier alpha value is -2.11. The van der Waals surface area contributed by atoms with Crippen LogP contribution < -0.4 is 5.14 Å². The second-order valence-electron chi connectivity index (χ2n) is 5.90. The SMILES string of the molecule is Cc1nc(-c2cccc(C3CC3c3ccc(SN)cc3)c2)no1. The Morgan fingerprint density at radius 3 is 2.57 bits per heavy atom. The molecule has 0 radical (unpaired) electrons. The average molecular weight is 323 g/mol. The lowest BCUT2D eigenvalue weighted by molar-refractivity contribution is 0.394. The van der Waals surface area contributed by atoms with E-state index >= 15 is 0 Å². The molecule has 2 atom stereocenters. The molecule has 2 unspecified atom stereocenters. The molecule has 0 aliphatic heterocycles. The lowest BCUT2D eigenvalue weighted by Gasteiger charge is -2.04. The molecule has 5 heteroatoms. The van der Waals surface area contributed by atoms with E-state index in [-0.39, 0.29) is 0 Å². The van der Waals surface area contributed by atoms with Crippen LogP contribution in [-0.4, -0.2) is 10.1 Å². The minimum atomic E-state index is 0.569. The van der Waals surface area contributed by atoms with Gasteiger partial charge in [0.25, 0.3) is 0 Å². The molecule has 1 aliphatic rings. The zero-order valence-electron chi connectivity index (χ0n) is 12.8. The van der Waals surface area contributed by atoms with Gasteiger partial charge in [0.05, 0.1) is 0 Å². The largest absolute Gasteiger partial charge is 0.339 e. The standard InChI is InChI=1S/C18H17N3OS/c1-11-20-18(21-22-11)14-4-2-3-13(9-14)17-10-16(17)12-5-7-15(23-19)8-6-12/h2-9,16-17H,10,19H2,1H3. The maximum atomic E-state index is 5.58. The van der Waals surface area contributed by atoms with E-state index < -0.39 is 0 Å². The fourth-order valence-corrected chi connectivity index (χ4v) is 3.34. The highest BCUT2D eigenvalue weighted by Gasteiger charge is 2.39. The summed E-state index contributed by atoms with van der Waals surface area (Å²) >= 11 is 1.29. The van der Waals surface area contributed by atoms with Crippen molar-refractivity contribution in [3.8, 4) is 11.4 Å². The van der Waals surface area contributed by atoms with Crippen LogP contribution in [0.2, 0.25) is 0 Å². The van der Waals surface area contributed by atoms with Crippen LogP contribution in [0, 0.1) is 6.92 Å². The van der Waals surface area contributed by atoms with Crippen LogP contribution in [0.4, 0.5) is 0 Å². The van der Waals surface area contributed by atoms with Crippen LogP contribution in [0.3, 0.4) is 0 Å². The second kappa shape index (κ2) is 5.83. The zero-order valence-corrected chi connectivity index (χ0v) is 13.6. The van der Waals surface area contributed by atoms with Gasteiger partial charge >= 0.3 is 0 Å². The van der Waals surface area contributed by atoms with E-state index in [4.69, 9.17) is 9.66 Å². The van der Waals surface area contributed by atoms with Crippen molar-refractivity contribution in [3.63, 3.8) is 0 Å². The second-order valence-corrected chi connectivity index (χ2v) is 6.61. The van der Waals surface area contributed by atoms with Crippen LogP contribution in [0.15, 0.2) is 57.9 Å². The smallest absolute Gasteiger partial charge is 0.223 e. The maximum absolute atomic E-state index is 5.58. The Kier molecular flexibility index (Phi) is 3.67. The van der Waals surface area contributed by atoms with Gasteiger partial charge in [-0.25, -0.2) is 0 Å². The van der Waals surface area contributed by atoms with Crippen molar-refractivity contribution in [2.24, 2.45) is 5.14 Å². The first-order valence-electron chi connectivity index (χ1n) is 7.62. The van der Waals surface area contributed by atoms with Gasteiger partial charge in [0.1, 0.15) is 0 Å². The van der Waals surface area contributed by atoms with Crippen LogP contribution in [0.5, 0.6) is 0 Å². The van der Waals surface area contributed by atoms with Gasteiger partial charge in [-0.3, -0.25) is 5.14 Å². The summed E-state index contributed by atoms with van der Waals surface area (Å²) in [4.78, 5) is 5.40. The normalized spacial score (nSPS) is 19.7. The lowest BCUT2D eigenvalue weighted by Crippen LogP contribution is -1.88. The number of hydrogen-bond acceptors (Lipinski definition) is 5. The van der Waals surface area contributed by atoms with E-state index in [1.54, 1.807) is 6.92 Å². The minimum Gasteiger partial charge on any atom is -0.339 e. The summed E-state index contributed by atoms with van der Waals surface area (Å²) in [5.74, 6) is 2.41. The zero-order chi connectivity index (χ0) is 15.8. The summed E-state index contributed by atoms with van der Waals surface area (Å²) < 4.78 is 5.07. The van der Waals surface area contributed by atoms with E-state index in [0.29, 0.717) is 23.6 Å². The van der Waals surface area contributed by atoms with Crippen molar-refractivity contribution in [2.75, 3.05) is 0 Å². The molecule has 4 rings (SSSR count).